The lowest BCUT2D eigenvalue weighted by molar-refractivity contribution is -0.127. The van der Waals surface area contributed by atoms with E-state index in [1.807, 2.05) is 43.3 Å². The summed E-state index contributed by atoms with van der Waals surface area (Å²) in [5.41, 5.74) is 2.58. The first-order valence-corrected chi connectivity index (χ1v) is 11.7. The highest BCUT2D eigenvalue weighted by Gasteiger charge is 2.36. The fraction of sp³-hybridized carbons (Fsp3) is 0.148. The van der Waals surface area contributed by atoms with Crippen molar-refractivity contribution in [2.45, 2.75) is 19.8 Å². The molecule has 1 saturated heterocycles. The number of hydrogen-bond donors (Lipinski definition) is 1. The van der Waals surface area contributed by atoms with Crippen LogP contribution in [0.2, 0.25) is 0 Å². The van der Waals surface area contributed by atoms with Crippen molar-refractivity contribution in [3.63, 3.8) is 0 Å². The smallest absolute Gasteiger partial charge is 0.294 e. The topological polar surface area (TPSA) is 66.5 Å². The van der Waals surface area contributed by atoms with Gasteiger partial charge in [-0.25, -0.2) is 0 Å². The molecule has 2 aliphatic rings. The number of carbonyl (C=O) groups excluding carboxylic acids is 3. The summed E-state index contributed by atoms with van der Waals surface area (Å²) in [6, 6.07) is 17.6. The fourth-order valence-electron chi connectivity index (χ4n) is 4.27. The molecule has 3 aromatic carbocycles. The Balaban J connectivity index is 1.46. The quantitative estimate of drug-likeness (QED) is 0.601. The molecule has 1 aliphatic carbocycles. The Morgan fingerprint density at radius 1 is 1.06 bits per heavy atom. The summed E-state index contributed by atoms with van der Waals surface area (Å²) in [4.78, 5) is 39.5. The molecule has 6 heteroatoms. The van der Waals surface area contributed by atoms with Crippen LogP contribution in [-0.4, -0.2) is 28.5 Å². The molecular weight excluding hydrogens is 432 g/mol. The van der Waals surface area contributed by atoms with Crippen molar-refractivity contribution in [3.8, 4) is 0 Å². The SMILES string of the molecule is Cc1cccc(NC(=O)CN2C(=O)S/C(=C\c3c4c(cc5ccccc35)=CCCC=4)C2=O)c1. The highest BCUT2D eigenvalue weighted by atomic mass is 32.2. The summed E-state index contributed by atoms with van der Waals surface area (Å²) >= 11 is 0.881. The Morgan fingerprint density at radius 3 is 2.73 bits per heavy atom. The first-order chi connectivity index (χ1) is 16.0. The molecule has 33 heavy (non-hydrogen) atoms. The van der Waals surface area contributed by atoms with Gasteiger partial charge >= 0.3 is 0 Å². The van der Waals surface area contributed by atoms with Crippen LogP contribution in [0.3, 0.4) is 0 Å². The number of carbonyl (C=O) groups is 3. The molecule has 0 bridgehead atoms. The predicted molar refractivity (Wildman–Crippen MR) is 134 cm³/mol. The molecule has 0 spiro atoms. The minimum absolute atomic E-state index is 0.316. The number of nitrogens with zero attached hydrogens (tertiary/aromatic N) is 1. The molecule has 0 unspecified atom stereocenters. The van der Waals surface area contributed by atoms with Crippen molar-refractivity contribution >= 4 is 63.5 Å². The monoisotopic (exact) mass is 454 g/mol. The van der Waals surface area contributed by atoms with Crippen molar-refractivity contribution < 1.29 is 14.4 Å². The highest BCUT2D eigenvalue weighted by molar-refractivity contribution is 8.18. The second-order valence-electron chi connectivity index (χ2n) is 8.19. The summed E-state index contributed by atoms with van der Waals surface area (Å²) in [7, 11) is 0. The summed E-state index contributed by atoms with van der Waals surface area (Å²) in [5, 5.41) is 6.67. The molecule has 1 heterocycles. The maximum absolute atomic E-state index is 13.1. The third-order valence-corrected chi connectivity index (χ3v) is 6.70. The van der Waals surface area contributed by atoms with Crippen molar-refractivity contribution in [3.05, 3.63) is 81.1 Å². The van der Waals surface area contributed by atoms with Crippen LogP contribution < -0.4 is 15.8 Å². The van der Waals surface area contributed by atoms with Gasteiger partial charge in [0.25, 0.3) is 11.1 Å². The van der Waals surface area contributed by atoms with E-state index in [0.29, 0.717) is 10.6 Å². The van der Waals surface area contributed by atoms with Gasteiger partial charge in [-0.05, 0) is 88.1 Å². The molecule has 5 rings (SSSR count). The van der Waals surface area contributed by atoms with Crippen LogP contribution in [0.4, 0.5) is 10.5 Å². The van der Waals surface area contributed by atoms with Gasteiger partial charge in [0.1, 0.15) is 6.54 Å². The average Bonchev–Trinajstić information content (AvgIpc) is 3.06. The lowest BCUT2D eigenvalue weighted by Crippen LogP contribution is -2.36. The average molecular weight is 455 g/mol. The molecule has 1 aliphatic heterocycles. The van der Waals surface area contributed by atoms with Gasteiger partial charge in [0.2, 0.25) is 5.91 Å². The van der Waals surface area contributed by atoms with Gasteiger partial charge in [-0.15, -0.1) is 0 Å². The number of thioether (sulfide) groups is 1. The number of hydrogen-bond acceptors (Lipinski definition) is 4. The van der Waals surface area contributed by atoms with Crippen LogP contribution in [0.5, 0.6) is 0 Å². The zero-order valence-corrected chi connectivity index (χ0v) is 18.9. The van der Waals surface area contributed by atoms with Crippen LogP contribution in [0.1, 0.15) is 24.0 Å². The van der Waals surface area contributed by atoms with E-state index in [9.17, 15) is 14.4 Å². The third kappa shape index (κ3) is 4.22. The first-order valence-electron chi connectivity index (χ1n) is 10.8. The number of amides is 3. The van der Waals surface area contributed by atoms with E-state index in [1.54, 1.807) is 12.1 Å². The van der Waals surface area contributed by atoms with Gasteiger partial charge in [0, 0.05) is 5.69 Å². The Bertz CT molecular complexity index is 1470. The van der Waals surface area contributed by atoms with E-state index in [4.69, 9.17) is 0 Å². The second-order valence-corrected chi connectivity index (χ2v) is 9.18. The zero-order chi connectivity index (χ0) is 22.9. The van der Waals surface area contributed by atoms with Crippen LogP contribution in [0.25, 0.3) is 29.0 Å². The van der Waals surface area contributed by atoms with Crippen LogP contribution in [-0.2, 0) is 9.59 Å². The molecule has 0 aromatic heterocycles. The highest BCUT2D eigenvalue weighted by Crippen LogP contribution is 2.32. The standard InChI is InChI=1S/C27H22N2O3S/c1-17-7-6-10-20(13-17)28-25(30)16-29-26(31)24(33-27(29)32)15-23-21-11-4-2-8-18(21)14-19-9-3-5-12-22(19)23/h2,4,6-15H,3,5,16H2,1H3,(H,28,30)/b24-15-. The molecule has 0 radical (unpaired) electrons. The molecule has 3 amide bonds. The van der Waals surface area contributed by atoms with Gasteiger partial charge in [0.05, 0.1) is 4.91 Å². The maximum atomic E-state index is 13.1. The zero-order valence-electron chi connectivity index (χ0n) is 18.1. The molecular formula is C27H22N2O3S. The Kier molecular flexibility index (Phi) is 5.60. The van der Waals surface area contributed by atoms with Gasteiger partial charge in [-0.2, -0.15) is 0 Å². The number of benzene rings is 3. The summed E-state index contributed by atoms with van der Waals surface area (Å²) in [5.74, 6) is -0.847. The Hall–Kier alpha value is -3.64. The molecule has 1 fully saturated rings. The number of aryl methyl sites for hydroxylation is 1. The molecule has 3 aromatic rings. The molecule has 1 N–H and O–H groups in total. The minimum atomic E-state index is -0.439. The number of anilines is 1. The van der Waals surface area contributed by atoms with Crippen molar-refractivity contribution in [1.82, 2.24) is 4.90 Å². The number of nitrogens with one attached hydrogen (secondary N) is 1. The van der Waals surface area contributed by atoms with Crippen molar-refractivity contribution in [2.24, 2.45) is 0 Å². The van der Waals surface area contributed by atoms with E-state index in [2.05, 4.69) is 29.6 Å². The summed E-state index contributed by atoms with van der Waals surface area (Å²) in [6.45, 7) is 1.61. The molecule has 5 nitrogen and oxygen atoms in total. The first kappa shape index (κ1) is 21.2. The van der Waals surface area contributed by atoms with Gasteiger partial charge in [-0.3, -0.25) is 19.3 Å². The molecule has 164 valence electrons. The van der Waals surface area contributed by atoms with E-state index >= 15 is 0 Å². The molecule has 0 saturated carbocycles. The summed E-state index contributed by atoms with van der Waals surface area (Å²) in [6.07, 6.45) is 8.12. The van der Waals surface area contributed by atoms with Crippen LogP contribution in [0.15, 0.2) is 59.5 Å². The number of fused-ring (bicyclic) bond motifs is 2. The van der Waals surface area contributed by atoms with Crippen LogP contribution in [0, 0.1) is 6.92 Å². The second kappa shape index (κ2) is 8.71. The van der Waals surface area contributed by atoms with Crippen LogP contribution >= 0.6 is 11.8 Å². The van der Waals surface area contributed by atoms with E-state index in [1.165, 1.54) is 0 Å². The van der Waals surface area contributed by atoms with Crippen molar-refractivity contribution in [2.75, 3.05) is 11.9 Å². The number of rotatable bonds is 4. The number of imide groups is 1. The van der Waals surface area contributed by atoms with Crippen molar-refractivity contribution in [1.29, 1.82) is 0 Å². The van der Waals surface area contributed by atoms with Gasteiger partial charge < -0.3 is 5.32 Å². The molecule has 0 atom stereocenters. The van der Waals surface area contributed by atoms with E-state index in [-0.39, 0.29) is 6.54 Å². The lowest BCUT2D eigenvalue weighted by Gasteiger charge is -2.13. The third-order valence-electron chi connectivity index (χ3n) is 5.80. The fourth-order valence-corrected chi connectivity index (χ4v) is 5.09. The van der Waals surface area contributed by atoms with E-state index in [0.717, 1.165) is 61.8 Å². The minimum Gasteiger partial charge on any atom is -0.325 e. The van der Waals surface area contributed by atoms with Gasteiger partial charge in [0.15, 0.2) is 0 Å². The Labute approximate surface area is 195 Å². The predicted octanol–water partition coefficient (Wildman–Crippen LogP) is 4.18. The lowest BCUT2D eigenvalue weighted by atomic mass is 9.96. The van der Waals surface area contributed by atoms with E-state index < -0.39 is 17.1 Å². The normalized spacial score (nSPS) is 16.5. The maximum Gasteiger partial charge on any atom is 0.294 e. The van der Waals surface area contributed by atoms with Gasteiger partial charge in [-0.1, -0.05) is 48.6 Å². The Morgan fingerprint density at radius 2 is 1.88 bits per heavy atom. The largest absolute Gasteiger partial charge is 0.325 e. The summed E-state index contributed by atoms with van der Waals surface area (Å²) < 4.78 is 0.